The van der Waals surface area contributed by atoms with Gasteiger partial charge in [-0.2, -0.15) is 0 Å². The molecule has 1 aromatic carbocycles. The molecule has 0 spiro atoms. The Morgan fingerprint density at radius 3 is 2.33 bits per heavy atom. The van der Waals surface area contributed by atoms with Crippen molar-refractivity contribution in [1.82, 2.24) is 5.32 Å². The van der Waals surface area contributed by atoms with Gasteiger partial charge in [-0.1, -0.05) is 19.9 Å². The number of carboxylic acid groups (broad SMARTS) is 1. The standard InChI is InChI=1S/C20H25NO6/c1-11(2)17-9-14(12(3)27-17)20(24)21-15(10-19(22)23)13-6-7-16(25-4)18(8-13)26-5/h6-9,11,15H,10H2,1-5H3,(H,21,24)(H,22,23). The van der Waals surface area contributed by atoms with E-state index in [1.807, 2.05) is 13.8 Å². The summed E-state index contributed by atoms with van der Waals surface area (Å²) in [5.41, 5.74) is 1.00. The SMILES string of the molecule is COc1ccc(C(CC(=O)O)NC(=O)c2cc(C(C)C)oc2C)cc1OC. The Labute approximate surface area is 158 Å². The van der Waals surface area contributed by atoms with Crippen LogP contribution in [0.15, 0.2) is 28.7 Å². The summed E-state index contributed by atoms with van der Waals surface area (Å²) in [4.78, 5) is 24.0. The average Bonchev–Trinajstić information content (AvgIpc) is 3.02. The second kappa shape index (κ2) is 8.62. The van der Waals surface area contributed by atoms with E-state index < -0.39 is 12.0 Å². The van der Waals surface area contributed by atoms with Gasteiger partial charge in [0.2, 0.25) is 0 Å². The van der Waals surface area contributed by atoms with Gasteiger partial charge in [0.25, 0.3) is 5.91 Å². The topological polar surface area (TPSA) is 98.0 Å². The van der Waals surface area contributed by atoms with Crippen LogP contribution in [-0.2, 0) is 4.79 Å². The van der Waals surface area contributed by atoms with Crippen molar-refractivity contribution in [2.45, 2.75) is 39.2 Å². The maximum Gasteiger partial charge on any atom is 0.305 e. The molecule has 1 aromatic heterocycles. The van der Waals surface area contributed by atoms with E-state index in [1.54, 1.807) is 31.2 Å². The molecule has 2 aromatic rings. The highest BCUT2D eigenvalue weighted by atomic mass is 16.5. The first-order valence-corrected chi connectivity index (χ1v) is 8.61. The zero-order valence-electron chi connectivity index (χ0n) is 16.2. The van der Waals surface area contributed by atoms with Gasteiger partial charge in [0, 0.05) is 5.92 Å². The van der Waals surface area contributed by atoms with E-state index in [-0.39, 0.29) is 18.2 Å². The van der Waals surface area contributed by atoms with Crippen molar-refractivity contribution < 1.29 is 28.6 Å². The Kier molecular flexibility index (Phi) is 6.50. The van der Waals surface area contributed by atoms with E-state index in [9.17, 15) is 14.7 Å². The normalized spacial score (nSPS) is 11.9. The monoisotopic (exact) mass is 375 g/mol. The first-order valence-electron chi connectivity index (χ1n) is 8.61. The van der Waals surface area contributed by atoms with Gasteiger partial charge in [0.1, 0.15) is 11.5 Å². The maximum absolute atomic E-state index is 12.7. The highest BCUT2D eigenvalue weighted by Gasteiger charge is 2.23. The molecule has 0 aliphatic carbocycles. The lowest BCUT2D eigenvalue weighted by molar-refractivity contribution is -0.137. The predicted molar refractivity (Wildman–Crippen MR) is 99.5 cm³/mol. The Morgan fingerprint density at radius 1 is 1.15 bits per heavy atom. The molecular formula is C20H25NO6. The number of carbonyl (C=O) groups excluding carboxylic acids is 1. The van der Waals surface area contributed by atoms with Crippen molar-refractivity contribution in [2.24, 2.45) is 0 Å². The van der Waals surface area contributed by atoms with Gasteiger partial charge in [0.05, 0.1) is 32.2 Å². The highest BCUT2D eigenvalue weighted by molar-refractivity contribution is 5.95. The Balaban J connectivity index is 2.32. The minimum Gasteiger partial charge on any atom is -0.493 e. The van der Waals surface area contributed by atoms with Gasteiger partial charge >= 0.3 is 5.97 Å². The fourth-order valence-electron chi connectivity index (χ4n) is 2.75. The molecule has 1 amide bonds. The smallest absolute Gasteiger partial charge is 0.305 e. The second-order valence-electron chi connectivity index (χ2n) is 6.51. The molecule has 27 heavy (non-hydrogen) atoms. The van der Waals surface area contributed by atoms with Crippen LogP contribution >= 0.6 is 0 Å². The summed E-state index contributed by atoms with van der Waals surface area (Å²) in [6, 6.07) is 6.01. The number of hydrogen-bond donors (Lipinski definition) is 2. The molecule has 0 bridgehead atoms. The van der Waals surface area contributed by atoms with Crippen molar-refractivity contribution >= 4 is 11.9 Å². The molecule has 1 heterocycles. The Morgan fingerprint density at radius 2 is 1.81 bits per heavy atom. The molecule has 0 aliphatic heterocycles. The molecule has 146 valence electrons. The molecule has 1 unspecified atom stereocenters. The fraction of sp³-hybridized carbons (Fsp3) is 0.400. The minimum atomic E-state index is -1.03. The number of aryl methyl sites for hydroxylation is 1. The summed E-state index contributed by atoms with van der Waals surface area (Å²) in [5, 5.41) is 12.0. The molecule has 0 saturated heterocycles. The van der Waals surface area contributed by atoms with Crippen LogP contribution < -0.4 is 14.8 Å². The van der Waals surface area contributed by atoms with Gasteiger partial charge in [0.15, 0.2) is 11.5 Å². The van der Waals surface area contributed by atoms with Crippen LogP contribution in [0.2, 0.25) is 0 Å². The van der Waals surface area contributed by atoms with E-state index in [2.05, 4.69) is 5.32 Å². The van der Waals surface area contributed by atoms with Crippen molar-refractivity contribution in [1.29, 1.82) is 0 Å². The van der Waals surface area contributed by atoms with Gasteiger partial charge in [-0.05, 0) is 30.7 Å². The summed E-state index contributed by atoms with van der Waals surface area (Å²) < 4.78 is 16.1. The van der Waals surface area contributed by atoms with Crippen molar-refractivity contribution in [3.63, 3.8) is 0 Å². The Bertz CT molecular complexity index is 824. The third-order valence-corrected chi connectivity index (χ3v) is 4.24. The van der Waals surface area contributed by atoms with E-state index in [0.717, 1.165) is 0 Å². The number of aliphatic carboxylic acids is 1. The number of nitrogens with one attached hydrogen (secondary N) is 1. The van der Waals surface area contributed by atoms with Gasteiger partial charge in [-0.3, -0.25) is 9.59 Å². The number of carbonyl (C=O) groups is 2. The highest BCUT2D eigenvalue weighted by Crippen LogP contribution is 2.31. The number of furan rings is 1. The zero-order valence-corrected chi connectivity index (χ0v) is 16.2. The molecule has 7 heteroatoms. The van der Waals surface area contributed by atoms with Crippen LogP contribution in [0.25, 0.3) is 0 Å². The van der Waals surface area contributed by atoms with Gasteiger partial charge in [-0.25, -0.2) is 0 Å². The lowest BCUT2D eigenvalue weighted by atomic mass is 10.0. The maximum atomic E-state index is 12.7. The molecule has 1 atom stereocenters. The quantitative estimate of drug-likeness (QED) is 0.730. The largest absolute Gasteiger partial charge is 0.493 e. The van der Waals surface area contributed by atoms with E-state index in [0.29, 0.717) is 34.1 Å². The number of rotatable bonds is 8. The van der Waals surface area contributed by atoms with Crippen LogP contribution in [0.5, 0.6) is 11.5 Å². The van der Waals surface area contributed by atoms with Crippen molar-refractivity contribution in [3.8, 4) is 11.5 Å². The number of hydrogen-bond acceptors (Lipinski definition) is 5. The summed E-state index contributed by atoms with van der Waals surface area (Å²) in [7, 11) is 3.01. The second-order valence-corrected chi connectivity index (χ2v) is 6.51. The van der Waals surface area contributed by atoms with E-state index in [4.69, 9.17) is 13.9 Å². The third kappa shape index (κ3) is 4.81. The number of ether oxygens (including phenoxy) is 2. The van der Waals surface area contributed by atoms with Crippen LogP contribution in [0.3, 0.4) is 0 Å². The first kappa shape index (κ1) is 20.4. The Hall–Kier alpha value is -2.96. The van der Waals surface area contributed by atoms with Crippen LogP contribution in [0.1, 0.15) is 59.7 Å². The molecule has 0 fully saturated rings. The number of amides is 1. The van der Waals surface area contributed by atoms with Crippen LogP contribution in [-0.4, -0.2) is 31.2 Å². The molecule has 2 rings (SSSR count). The number of carboxylic acids is 1. The van der Waals surface area contributed by atoms with Gasteiger partial charge in [-0.15, -0.1) is 0 Å². The van der Waals surface area contributed by atoms with Crippen LogP contribution in [0, 0.1) is 6.92 Å². The van der Waals surface area contributed by atoms with E-state index >= 15 is 0 Å². The molecule has 0 aliphatic rings. The fourth-order valence-corrected chi connectivity index (χ4v) is 2.75. The van der Waals surface area contributed by atoms with Gasteiger partial charge < -0.3 is 24.3 Å². The average molecular weight is 375 g/mol. The van der Waals surface area contributed by atoms with Crippen LogP contribution in [0.4, 0.5) is 0 Å². The van der Waals surface area contributed by atoms with Crippen molar-refractivity contribution in [2.75, 3.05) is 14.2 Å². The molecular weight excluding hydrogens is 350 g/mol. The summed E-state index contributed by atoms with van der Waals surface area (Å²) in [6.07, 6.45) is -0.269. The summed E-state index contributed by atoms with van der Waals surface area (Å²) in [6.45, 7) is 5.65. The third-order valence-electron chi connectivity index (χ3n) is 4.24. The summed E-state index contributed by atoms with van der Waals surface area (Å²) >= 11 is 0. The molecule has 0 radical (unpaired) electrons. The number of methoxy groups -OCH3 is 2. The van der Waals surface area contributed by atoms with E-state index in [1.165, 1.54) is 14.2 Å². The van der Waals surface area contributed by atoms with Crippen molar-refractivity contribution in [3.05, 3.63) is 46.9 Å². The minimum absolute atomic E-state index is 0.144. The molecule has 2 N–H and O–H groups in total. The zero-order chi connectivity index (χ0) is 20.1. The summed E-state index contributed by atoms with van der Waals surface area (Å²) in [5.74, 6) is 0.920. The molecule has 0 saturated carbocycles. The predicted octanol–water partition coefficient (Wildman–Crippen LogP) is 3.67. The lowest BCUT2D eigenvalue weighted by Gasteiger charge is -2.19. The molecule has 7 nitrogen and oxygen atoms in total. The first-order chi connectivity index (χ1) is 12.8. The lowest BCUT2D eigenvalue weighted by Crippen LogP contribution is -2.30. The number of benzene rings is 1.